The molecule has 0 aliphatic rings. The van der Waals surface area contributed by atoms with E-state index >= 15 is 0 Å². The number of halogens is 1. The van der Waals surface area contributed by atoms with Gasteiger partial charge in [-0.1, -0.05) is 41.9 Å². The third-order valence-corrected chi connectivity index (χ3v) is 3.17. The highest BCUT2D eigenvalue weighted by Crippen LogP contribution is 2.04. The molecule has 1 aromatic carbocycles. The summed E-state index contributed by atoms with van der Waals surface area (Å²) in [5, 5.41) is 10.5. The van der Waals surface area contributed by atoms with Crippen LogP contribution in [0.4, 0.5) is 0 Å². The SMILES string of the molecule is CCc1cc(CNC(=NC)NCc2cccc(C)c2)on1.I. The van der Waals surface area contributed by atoms with E-state index in [2.05, 4.69) is 58.9 Å². The summed E-state index contributed by atoms with van der Waals surface area (Å²) >= 11 is 0. The van der Waals surface area contributed by atoms with Crippen LogP contribution in [0.5, 0.6) is 0 Å². The second-order valence-electron chi connectivity index (χ2n) is 4.91. The Hall–Kier alpha value is -1.57. The number of hydrogen-bond acceptors (Lipinski definition) is 3. The molecular formula is C16H23IN4O. The topological polar surface area (TPSA) is 62.5 Å². The van der Waals surface area contributed by atoms with Crippen molar-refractivity contribution in [3.8, 4) is 0 Å². The van der Waals surface area contributed by atoms with Crippen molar-refractivity contribution < 1.29 is 4.52 Å². The van der Waals surface area contributed by atoms with Gasteiger partial charge >= 0.3 is 0 Å². The van der Waals surface area contributed by atoms with Crippen molar-refractivity contribution in [1.29, 1.82) is 0 Å². The molecule has 0 aliphatic carbocycles. The second kappa shape index (κ2) is 9.45. The molecule has 0 unspecified atom stereocenters. The fourth-order valence-corrected chi connectivity index (χ4v) is 2.01. The Morgan fingerprint density at radius 3 is 2.64 bits per heavy atom. The molecule has 1 aromatic heterocycles. The molecule has 0 aliphatic heterocycles. The molecule has 2 rings (SSSR count). The molecule has 0 fully saturated rings. The fraction of sp³-hybridized carbons (Fsp3) is 0.375. The summed E-state index contributed by atoms with van der Waals surface area (Å²) in [4.78, 5) is 4.20. The standard InChI is InChI=1S/C16H22N4O.HI/c1-4-14-9-15(21-20-14)11-19-16(17-3)18-10-13-7-5-6-12(2)8-13;/h5-9H,4,10-11H2,1-3H3,(H2,17,18,19);1H. The van der Waals surface area contributed by atoms with Crippen molar-refractivity contribution in [2.45, 2.75) is 33.4 Å². The number of nitrogens with zero attached hydrogens (tertiary/aromatic N) is 2. The molecule has 0 radical (unpaired) electrons. The predicted molar refractivity (Wildman–Crippen MR) is 99.5 cm³/mol. The molecule has 1 heterocycles. The summed E-state index contributed by atoms with van der Waals surface area (Å²) in [7, 11) is 1.75. The monoisotopic (exact) mass is 414 g/mol. The largest absolute Gasteiger partial charge is 0.359 e. The van der Waals surface area contributed by atoms with Crippen LogP contribution in [0.25, 0.3) is 0 Å². The van der Waals surface area contributed by atoms with Gasteiger partial charge in [0.2, 0.25) is 0 Å². The van der Waals surface area contributed by atoms with Gasteiger partial charge in [0.25, 0.3) is 0 Å². The van der Waals surface area contributed by atoms with E-state index in [1.807, 2.05) is 6.07 Å². The predicted octanol–water partition coefficient (Wildman–Crippen LogP) is 3.03. The van der Waals surface area contributed by atoms with Crippen molar-refractivity contribution >= 4 is 29.9 Å². The van der Waals surface area contributed by atoms with Crippen LogP contribution < -0.4 is 10.6 Å². The minimum absolute atomic E-state index is 0. The zero-order chi connectivity index (χ0) is 15.1. The summed E-state index contributed by atoms with van der Waals surface area (Å²) in [6.07, 6.45) is 0.879. The lowest BCUT2D eigenvalue weighted by Gasteiger charge is -2.11. The van der Waals surface area contributed by atoms with Crippen LogP contribution in [-0.2, 0) is 19.5 Å². The van der Waals surface area contributed by atoms with Crippen LogP contribution in [0.1, 0.15) is 29.5 Å². The van der Waals surface area contributed by atoms with E-state index in [0.29, 0.717) is 6.54 Å². The summed E-state index contributed by atoms with van der Waals surface area (Å²) in [5.74, 6) is 1.55. The quantitative estimate of drug-likeness (QED) is 0.449. The van der Waals surface area contributed by atoms with Crippen LogP contribution in [-0.4, -0.2) is 18.2 Å². The lowest BCUT2D eigenvalue weighted by molar-refractivity contribution is 0.374. The van der Waals surface area contributed by atoms with Gasteiger partial charge < -0.3 is 15.2 Å². The molecule has 2 N–H and O–H groups in total. The van der Waals surface area contributed by atoms with E-state index < -0.39 is 0 Å². The van der Waals surface area contributed by atoms with Crippen molar-refractivity contribution in [2.24, 2.45) is 4.99 Å². The molecule has 22 heavy (non-hydrogen) atoms. The Bertz CT molecular complexity index is 610. The van der Waals surface area contributed by atoms with Crippen LogP contribution in [0.2, 0.25) is 0 Å². The average molecular weight is 414 g/mol. The van der Waals surface area contributed by atoms with Crippen LogP contribution >= 0.6 is 24.0 Å². The molecule has 6 heteroatoms. The van der Waals surface area contributed by atoms with Gasteiger partial charge in [-0.05, 0) is 18.9 Å². The van der Waals surface area contributed by atoms with E-state index in [9.17, 15) is 0 Å². The van der Waals surface area contributed by atoms with E-state index in [1.54, 1.807) is 7.05 Å². The first-order chi connectivity index (χ1) is 10.2. The summed E-state index contributed by atoms with van der Waals surface area (Å²) in [6.45, 7) is 5.45. The summed E-state index contributed by atoms with van der Waals surface area (Å²) in [6, 6.07) is 10.4. The van der Waals surface area contributed by atoms with E-state index in [-0.39, 0.29) is 24.0 Å². The fourth-order valence-electron chi connectivity index (χ4n) is 2.01. The third-order valence-electron chi connectivity index (χ3n) is 3.17. The molecule has 0 saturated carbocycles. The first-order valence-electron chi connectivity index (χ1n) is 7.15. The maximum atomic E-state index is 5.23. The molecule has 2 aromatic rings. The lowest BCUT2D eigenvalue weighted by atomic mass is 10.1. The summed E-state index contributed by atoms with van der Waals surface area (Å²) < 4.78 is 5.23. The first kappa shape index (κ1) is 18.5. The Labute approximate surface area is 148 Å². The Kier molecular flexibility index (Phi) is 7.94. The van der Waals surface area contributed by atoms with Gasteiger partial charge in [0.15, 0.2) is 11.7 Å². The zero-order valence-electron chi connectivity index (χ0n) is 13.2. The average Bonchev–Trinajstić information content (AvgIpc) is 2.95. The van der Waals surface area contributed by atoms with Crippen molar-refractivity contribution in [3.63, 3.8) is 0 Å². The van der Waals surface area contributed by atoms with Crippen LogP contribution in [0.3, 0.4) is 0 Å². The first-order valence-corrected chi connectivity index (χ1v) is 7.15. The van der Waals surface area contributed by atoms with Gasteiger partial charge in [-0.2, -0.15) is 0 Å². The number of nitrogens with one attached hydrogen (secondary N) is 2. The maximum absolute atomic E-state index is 5.23. The number of hydrogen-bond donors (Lipinski definition) is 2. The van der Waals surface area contributed by atoms with E-state index in [0.717, 1.165) is 30.4 Å². The summed E-state index contributed by atoms with van der Waals surface area (Å²) in [5.41, 5.74) is 3.45. The van der Waals surface area contributed by atoms with Gasteiger partial charge in [-0.15, -0.1) is 24.0 Å². The number of aryl methyl sites for hydroxylation is 2. The highest BCUT2D eigenvalue weighted by molar-refractivity contribution is 14.0. The van der Waals surface area contributed by atoms with Crippen LogP contribution in [0, 0.1) is 6.92 Å². The minimum atomic E-state index is 0. The molecule has 0 saturated heterocycles. The van der Waals surface area contributed by atoms with Crippen molar-refractivity contribution in [3.05, 3.63) is 52.9 Å². The number of benzene rings is 1. The van der Waals surface area contributed by atoms with Gasteiger partial charge in [-0.3, -0.25) is 4.99 Å². The highest BCUT2D eigenvalue weighted by Gasteiger charge is 2.04. The van der Waals surface area contributed by atoms with Crippen LogP contribution in [0.15, 0.2) is 39.8 Å². The maximum Gasteiger partial charge on any atom is 0.191 e. The number of guanidine groups is 1. The molecule has 5 nitrogen and oxygen atoms in total. The van der Waals surface area contributed by atoms with Gasteiger partial charge in [-0.25, -0.2) is 0 Å². The highest BCUT2D eigenvalue weighted by atomic mass is 127. The zero-order valence-corrected chi connectivity index (χ0v) is 15.5. The lowest BCUT2D eigenvalue weighted by Crippen LogP contribution is -2.36. The molecule has 0 atom stereocenters. The third kappa shape index (κ3) is 5.67. The van der Waals surface area contributed by atoms with E-state index in [1.165, 1.54) is 11.1 Å². The van der Waals surface area contributed by atoms with Gasteiger partial charge in [0.05, 0.1) is 12.2 Å². The molecule has 0 bridgehead atoms. The van der Waals surface area contributed by atoms with Gasteiger partial charge in [0, 0.05) is 19.7 Å². The van der Waals surface area contributed by atoms with Gasteiger partial charge in [0.1, 0.15) is 0 Å². The normalized spacial score (nSPS) is 11.0. The Morgan fingerprint density at radius 2 is 2.00 bits per heavy atom. The number of aromatic nitrogens is 1. The molecule has 0 amide bonds. The molecule has 120 valence electrons. The van der Waals surface area contributed by atoms with E-state index in [4.69, 9.17) is 4.52 Å². The second-order valence-corrected chi connectivity index (χ2v) is 4.91. The number of aliphatic imine (C=N–C) groups is 1. The Balaban J connectivity index is 0.00000242. The smallest absolute Gasteiger partial charge is 0.191 e. The minimum Gasteiger partial charge on any atom is -0.359 e. The Morgan fingerprint density at radius 1 is 1.23 bits per heavy atom. The van der Waals surface area contributed by atoms with Crippen molar-refractivity contribution in [1.82, 2.24) is 15.8 Å². The van der Waals surface area contributed by atoms with Crippen molar-refractivity contribution in [2.75, 3.05) is 7.05 Å². The molecule has 0 spiro atoms. The number of rotatable bonds is 5. The molecular weight excluding hydrogens is 391 g/mol.